The molecule has 0 N–H and O–H groups in total. The summed E-state index contributed by atoms with van der Waals surface area (Å²) >= 11 is 0. The van der Waals surface area contributed by atoms with Gasteiger partial charge >= 0.3 is 0 Å². The van der Waals surface area contributed by atoms with Crippen LogP contribution in [0.4, 0.5) is 0 Å². The van der Waals surface area contributed by atoms with E-state index in [0.717, 1.165) is 0 Å². The molecule has 2 aliphatic heterocycles. The lowest BCUT2D eigenvalue weighted by Crippen LogP contribution is -2.61. The second-order valence-corrected chi connectivity index (χ2v) is 9.54. The number of allylic oxidation sites excluding steroid dienone is 1. The van der Waals surface area contributed by atoms with Gasteiger partial charge in [-0.3, -0.25) is 9.80 Å². The molecule has 0 aromatic carbocycles. The van der Waals surface area contributed by atoms with E-state index in [1.807, 2.05) is 0 Å². The number of nitrogens with zero attached hydrogens (tertiary/aromatic N) is 2. The quantitative estimate of drug-likeness (QED) is 0.694. The molecule has 2 heterocycles. The largest absolute Gasteiger partial charge is 0.286 e. The first kappa shape index (κ1) is 16.3. The molecular weight excluding hydrogens is 260 g/mol. The van der Waals surface area contributed by atoms with E-state index in [0.29, 0.717) is 5.66 Å². The molecule has 3 heteroatoms. The Morgan fingerprint density at radius 2 is 1.40 bits per heavy atom. The van der Waals surface area contributed by atoms with Crippen LogP contribution in [0.15, 0.2) is 11.8 Å². The van der Waals surface area contributed by atoms with Crippen LogP contribution in [0.5, 0.6) is 0 Å². The second-order valence-electron chi connectivity index (χ2n) is 7.12. The molecule has 0 unspecified atom stereocenters. The van der Waals surface area contributed by atoms with Crippen molar-refractivity contribution in [2.24, 2.45) is 0 Å². The van der Waals surface area contributed by atoms with Gasteiger partial charge in [0.25, 0.3) is 0 Å². The van der Waals surface area contributed by atoms with Gasteiger partial charge in [0, 0.05) is 9.52 Å². The summed E-state index contributed by atoms with van der Waals surface area (Å²) < 4.78 is 0. The Morgan fingerprint density at radius 3 is 1.80 bits per heavy atom. The number of hydrogen-bond acceptors (Lipinski definition) is 2. The van der Waals surface area contributed by atoms with E-state index >= 15 is 0 Å². The molecule has 2 nitrogen and oxygen atoms in total. The molecular formula is C17H34N2Si. The van der Waals surface area contributed by atoms with Crippen LogP contribution < -0.4 is 0 Å². The van der Waals surface area contributed by atoms with Gasteiger partial charge in [-0.05, 0) is 72.1 Å². The molecule has 2 rings (SSSR count). The topological polar surface area (TPSA) is 6.48 Å². The summed E-state index contributed by atoms with van der Waals surface area (Å²) in [6.07, 6.45) is 9.86. The summed E-state index contributed by atoms with van der Waals surface area (Å²) in [4.78, 5) is 5.63. The number of hydrogen-bond donors (Lipinski definition) is 0. The number of likely N-dealkylation sites (tertiary alicyclic amines) is 2. The average molecular weight is 295 g/mol. The van der Waals surface area contributed by atoms with Gasteiger partial charge in [-0.2, -0.15) is 0 Å². The second kappa shape index (κ2) is 7.76. The maximum atomic E-state index is 4.13. The Kier molecular flexibility index (Phi) is 6.31. The van der Waals surface area contributed by atoms with E-state index < -0.39 is 0 Å². The predicted molar refractivity (Wildman–Crippen MR) is 92.0 cm³/mol. The van der Waals surface area contributed by atoms with E-state index in [9.17, 15) is 0 Å². The predicted octanol–water partition coefficient (Wildman–Crippen LogP) is 3.19. The van der Waals surface area contributed by atoms with Gasteiger partial charge in [0.05, 0.1) is 5.66 Å². The lowest BCUT2D eigenvalue weighted by molar-refractivity contribution is -0.0671. The highest BCUT2D eigenvalue weighted by Crippen LogP contribution is 2.31. The molecule has 2 fully saturated rings. The Balaban J connectivity index is 2.01. The third kappa shape index (κ3) is 4.19. The van der Waals surface area contributed by atoms with E-state index in [4.69, 9.17) is 0 Å². The SMILES string of the molecule is C=C(C)[SiH2]CCC(C)(N1CCCCC1)N1CCCCC1. The van der Waals surface area contributed by atoms with Gasteiger partial charge in [0.2, 0.25) is 0 Å². The molecule has 0 radical (unpaired) electrons. The van der Waals surface area contributed by atoms with Crippen LogP contribution in [0.1, 0.15) is 58.8 Å². The number of rotatable bonds is 6. The van der Waals surface area contributed by atoms with E-state index in [-0.39, 0.29) is 9.52 Å². The molecule has 0 aliphatic carbocycles. The monoisotopic (exact) mass is 294 g/mol. The fourth-order valence-electron chi connectivity index (χ4n) is 3.99. The average Bonchev–Trinajstić information content (AvgIpc) is 2.48. The summed E-state index contributed by atoms with van der Waals surface area (Å²) in [5.74, 6) is 0. The van der Waals surface area contributed by atoms with Crippen molar-refractivity contribution in [3.05, 3.63) is 11.8 Å². The fourth-order valence-corrected chi connectivity index (χ4v) is 5.44. The fraction of sp³-hybridized carbons (Fsp3) is 0.882. The molecule has 0 aromatic rings. The minimum atomic E-state index is -0.0526. The summed E-state index contributed by atoms with van der Waals surface area (Å²) in [6.45, 7) is 14.2. The lowest BCUT2D eigenvalue weighted by atomic mass is 9.97. The molecule has 0 aromatic heterocycles. The first-order chi connectivity index (χ1) is 9.63. The molecule has 0 atom stereocenters. The zero-order valence-electron chi connectivity index (χ0n) is 13.8. The van der Waals surface area contributed by atoms with Gasteiger partial charge in [-0.15, -0.1) is 6.58 Å². The zero-order chi connectivity index (χ0) is 14.4. The molecule has 0 spiro atoms. The van der Waals surface area contributed by atoms with Gasteiger partial charge < -0.3 is 0 Å². The highest BCUT2D eigenvalue weighted by atomic mass is 28.2. The molecule has 2 saturated heterocycles. The summed E-state index contributed by atoms with van der Waals surface area (Å²) in [5, 5.41) is 1.48. The van der Waals surface area contributed by atoms with Crippen molar-refractivity contribution in [2.45, 2.75) is 70.5 Å². The summed E-state index contributed by atoms with van der Waals surface area (Å²) in [5.41, 5.74) is 0.337. The Morgan fingerprint density at radius 1 is 0.950 bits per heavy atom. The van der Waals surface area contributed by atoms with Crippen molar-refractivity contribution >= 4 is 9.52 Å². The Bertz CT molecular complexity index is 286. The van der Waals surface area contributed by atoms with Crippen molar-refractivity contribution in [1.29, 1.82) is 0 Å². The maximum Gasteiger partial charge on any atom is 0.0705 e. The summed E-state index contributed by atoms with van der Waals surface area (Å²) in [6, 6.07) is 1.43. The van der Waals surface area contributed by atoms with Gasteiger partial charge in [-0.1, -0.05) is 24.1 Å². The number of piperidine rings is 2. The van der Waals surface area contributed by atoms with Crippen molar-refractivity contribution in [3.8, 4) is 0 Å². The maximum absolute atomic E-state index is 4.13. The van der Waals surface area contributed by atoms with Gasteiger partial charge in [-0.25, -0.2) is 0 Å². The van der Waals surface area contributed by atoms with Gasteiger partial charge in [0.1, 0.15) is 0 Å². The molecule has 20 heavy (non-hydrogen) atoms. The normalized spacial score (nSPS) is 23.5. The van der Waals surface area contributed by atoms with Crippen LogP contribution in [0.3, 0.4) is 0 Å². The van der Waals surface area contributed by atoms with E-state index in [1.54, 1.807) is 0 Å². The summed E-state index contributed by atoms with van der Waals surface area (Å²) in [7, 11) is -0.0526. The van der Waals surface area contributed by atoms with Crippen LogP contribution in [0.25, 0.3) is 0 Å². The van der Waals surface area contributed by atoms with Gasteiger partial charge in [0.15, 0.2) is 0 Å². The van der Waals surface area contributed by atoms with Crippen molar-refractivity contribution < 1.29 is 0 Å². The van der Waals surface area contributed by atoms with Crippen LogP contribution in [-0.2, 0) is 0 Å². The third-order valence-corrected chi connectivity index (χ3v) is 6.89. The molecule has 0 bridgehead atoms. The molecule has 0 amide bonds. The van der Waals surface area contributed by atoms with Crippen LogP contribution in [-0.4, -0.2) is 51.2 Å². The minimum absolute atomic E-state index is 0.0526. The Labute approximate surface area is 128 Å². The van der Waals surface area contributed by atoms with Crippen molar-refractivity contribution in [1.82, 2.24) is 9.80 Å². The molecule has 0 saturated carbocycles. The van der Waals surface area contributed by atoms with E-state index in [2.05, 4.69) is 30.2 Å². The zero-order valence-corrected chi connectivity index (χ0v) is 15.2. The highest BCUT2D eigenvalue weighted by molar-refractivity contribution is 6.44. The molecule has 2 aliphatic rings. The first-order valence-electron chi connectivity index (χ1n) is 8.77. The minimum Gasteiger partial charge on any atom is -0.286 e. The smallest absolute Gasteiger partial charge is 0.0705 e. The van der Waals surface area contributed by atoms with Crippen LogP contribution in [0, 0.1) is 0 Å². The highest BCUT2D eigenvalue weighted by Gasteiger charge is 2.38. The van der Waals surface area contributed by atoms with E-state index in [1.165, 1.54) is 82.4 Å². The molecule has 116 valence electrons. The van der Waals surface area contributed by atoms with Crippen molar-refractivity contribution in [2.75, 3.05) is 26.2 Å². The first-order valence-corrected chi connectivity index (χ1v) is 10.5. The lowest BCUT2D eigenvalue weighted by Gasteiger charge is -2.52. The third-order valence-electron chi connectivity index (χ3n) is 5.33. The van der Waals surface area contributed by atoms with Crippen molar-refractivity contribution in [3.63, 3.8) is 0 Å². The van der Waals surface area contributed by atoms with Crippen LogP contribution in [0.2, 0.25) is 6.04 Å². The standard InChI is InChI=1S/C17H34N2Si/c1-16(2)20-15-10-17(3,18-11-6-4-7-12-18)19-13-8-5-9-14-19/h1,4-15,20H2,2-3H3. The van der Waals surface area contributed by atoms with Crippen LogP contribution >= 0.6 is 0 Å². The Hall–Kier alpha value is -0.123.